The maximum absolute atomic E-state index is 11.6. The van der Waals surface area contributed by atoms with Crippen LogP contribution in [0.15, 0.2) is 0 Å². The lowest BCUT2D eigenvalue weighted by Crippen LogP contribution is -2.40. The molecule has 0 aliphatic carbocycles. The second-order valence-electron chi connectivity index (χ2n) is 4.50. The van der Waals surface area contributed by atoms with Crippen molar-refractivity contribution in [1.29, 1.82) is 0 Å². The average molecular weight is 242 g/mol. The van der Waals surface area contributed by atoms with Gasteiger partial charge in [-0.05, 0) is 32.7 Å². The van der Waals surface area contributed by atoms with Crippen molar-refractivity contribution in [2.45, 2.75) is 51.1 Å². The Morgan fingerprint density at radius 3 is 2.82 bits per heavy atom. The molecule has 98 valence electrons. The third-order valence-corrected chi connectivity index (χ3v) is 3.06. The van der Waals surface area contributed by atoms with Crippen molar-refractivity contribution < 1.29 is 14.3 Å². The Bertz CT molecular complexity index is 262. The molecule has 1 fully saturated rings. The number of rotatable bonds is 5. The van der Waals surface area contributed by atoms with E-state index in [2.05, 4.69) is 15.4 Å². The summed E-state index contributed by atoms with van der Waals surface area (Å²) in [5.74, 6) is -0.496. The van der Waals surface area contributed by atoms with Crippen molar-refractivity contribution in [2.24, 2.45) is 0 Å². The number of esters is 1. The summed E-state index contributed by atoms with van der Waals surface area (Å²) in [6.45, 7) is 2.67. The van der Waals surface area contributed by atoms with Crippen molar-refractivity contribution in [3.05, 3.63) is 0 Å². The van der Waals surface area contributed by atoms with E-state index in [0.717, 1.165) is 19.4 Å². The van der Waals surface area contributed by atoms with Crippen molar-refractivity contribution in [3.63, 3.8) is 0 Å². The average Bonchev–Trinajstić information content (AvgIpc) is 2.36. The summed E-state index contributed by atoms with van der Waals surface area (Å²) in [4.78, 5) is 22.7. The number of nitrogens with one attached hydrogen (secondary N) is 2. The van der Waals surface area contributed by atoms with Crippen LogP contribution in [0.4, 0.5) is 0 Å². The molecule has 0 aromatic heterocycles. The topological polar surface area (TPSA) is 67.4 Å². The highest BCUT2D eigenvalue weighted by Gasteiger charge is 2.17. The lowest BCUT2D eigenvalue weighted by molar-refractivity contribution is -0.144. The maximum Gasteiger partial charge on any atom is 0.328 e. The van der Waals surface area contributed by atoms with Gasteiger partial charge in [0.05, 0.1) is 7.11 Å². The minimum atomic E-state index is -0.563. The van der Waals surface area contributed by atoms with Crippen LogP contribution in [-0.2, 0) is 14.3 Å². The van der Waals surface area contributed by atoms with E-state index in [1.807, 2.05) is 0 Å². The molecule has 2 N–H and O–H groups in total. The summed E-state index contributed by atoms with van der Waals surface area (Å²) < 4.78 is 4.54. The Kier molecular flexibility index (Phi) is 5.97. The molecule has 0 aromatic rings. The van der Waals surface area contributed by atoms with Crippen LogP contribution in [0.1, 0.15) is 39.0 Å². The zero-order valence-corrected chi connectivity index (χ0v) is 10.6. The first kappa shape index (κ1) is 14.0. The summed E-state index contributed by atoms with van der Waals surface area (Å²) in [7, 11) is 1.32. The van der Waals surface area contributed by atoms with Crippen LogP contribution in [0, 0.1) is 0 Å². The Hall–Kier alpha value is -1.10. The first-order valence-corrected chi connectivity index (χ1v) is 6.24. The van der Waals surface area contributed by atoms with Crippen LogP contribution in [0.25, 0.3) is 0 Å². The van der Waals surface area contributed by atoms with Gasteiger partial charge in [-0.15, -0.1) is 0 Å². The second kappa shape index (κ2) is 7.27. The zero-order valence-electron chi connectivity index (χ0n) is 10.6. The van der Waals surface area contributed by atoms with E-state index in [1.165, 1.54) is 20.0 Å². The molecule has 1 rings (SSSR count). The van der Waals surface area contributed by atoms with Gasteiger partial charge < -0.3 is 15.4 Å². The van der Waals surface area contributed by atoms with Crippen molar-refractivity contribution in [1.82, 2.24) is 10.6 Å². The summed E-state index contributed by atoms with van der Waals surface area (Å²) in [6.07, 6.45) is 4.89. The molecule has 1 unspecified atom stereocenters. The van der Waals surface area contributed by atoms with Gasteiger partial charge in [-0.3, -0.25) is 4.79 Å². The summed E-state index contributed by atoms with van der Waals surface area (Å²) in [5, 5.41) is 6.02. The third kappa shape index (κ3) is 5.17. The molecule has 0 saturated carbocycles. The van der Waals surface area contributed by atoms with Crippen LogP contribution in [0.2, 0.25) is 0 Å². The molecule has 1 aliphatic rings. The number of amides is 1. The van der Waals surface area contributed by atoms with E-state index in [4.69, 9.17) is 0 Å². The number of hydrogen-bond acceptors (Lipinski definition) is 4. The predicted octanol–water partition coefficient (Wildman–Crippen LogP) is 0.586. The Labute approximate surface area is 102 Å². The molecule has 0 aromatic carbocycles. The Morgan fingerprint density at radius 1 is 1.47 bits per heavy atom. The molecule has 5 nitrogen and oxygen atoms in total. The van der Waals surface area contributed by atoms with Gasteiger partial charge in [0.2, 0.25) is 5.91 Å². The van der Waals surface area contributed by atoms with Crippen LogP contribution in [-0.4, -0.2) is 37.6 Å². The standard InChI is InChI=1S/C12H22N2O3/c1-9(12(16)17-2)14-11(15)7-6-10-5-3-4-8-13-10/h9-10,13H,3-8H2,1-2H3,(H,14,15)/t9-,10?/m0/s1. The quantitative estimate of drug-likeness (QED) is 0.692. The van der Waals surface area contributed by atoms with E-state index >= 15 is 0 Å². The van der Waals surface area contributed by atoms with Crippen LogP contribution in [0.5, 0.6) is 0 Å². The third-order valence-electron chi connectivity index (χ3n) is 3.06. The lowest BCUT2D eigenvalue weighted by Gasteiger charge is -2.23. The zero-order chi connectivity index (χ0) is 12.7. The number of piperidine rings is 1. The molecule has 0 spiro atoms. The SMILES string of the molecule is COC(=O)[C@H](C)NC(=O)CCC1CCCCN1. The van der Waals surface area contributed by atoms with E-state index in [1.54, 1.807) is 6.92 Å². The summed E-state index contributed by atoms with van der Waals surface area (Å²) in [6, 6.07) is -0.116. The highest BCUT2D eigenvalue weighted by molar-refractivity contribution is 5.84. The fourth-order valence-electron chi connectivity index (χ4n) is 2.03. The lowest BCUT2D eigenvalue weighted by atomic mass is 10.0. The normalized spacial score (nSPS) is 21.6. The highest BCUT2D eigenvalue weighted by atomic mass is 16.5. The van der Waals surface area contributed by atoms with E-state index in [9.17, 15) is 9.59 Å². The summed E-state index contributed by atoms with van der Waals surface area (Å²) >= 11 is 0. The minimum absolute atomic E-state index is 0.0877. The van der Waals surface area contributed by atoms with Crippen molar-refractivity contribution in [2.75, 3.05) is 13.7 Å². The Morgan fingerprint density at radius 2 is 2.24 bits per heavy atom. The largest absolute Gasteiger partial charge is 0.467 e. The first-order valence-electron chi connectivity index (χ1n) is 6.24. The van der Waals surface area contributed by atoms with E-state index in [0.29, 0.717) is 12.5 Å². The molecular formula is C12H22N2O3. The molecule has 1 aliphatic heterocycles. The van der Waals surface area contributed by atoms with Gasteiger partial charge in [-0.1, -0.05) is 6.42 Å². The van der Waals surface area contributed by atoms with Crippen molar-refractivity contribution >= 4 is 11.9 Å². The molecule has 1 saturated heterocycles. The number of carbonyl (C=O) groups excluding carboxylic acids is 2. The number of ether oxygens (including phenoxy) is 1. The van der Waals surface area contributed by atoms with Gasteiger partial charge in [0.1, 0.15) is 6.04 Å². The van der Waals surface area contributed by atoms with Crippen LogP contribution >= 0.6 is 0 Å². The predicted molar refractivity (Wildman–Crippen MR) is 64.5 cm³/mol. The fraction of sp³-hybridized carbons (Fsp3) is 0.833. The number of carbonyl (C=O) groups is 2. The smallest absolute Gasteiger partial charge is 0.328 e. The van der Waals surface area contributed by atoms with Crippen LogP contribution < -0.4 is 10.6 Å². The molecule has 17 heavy (non-hydrogen) atoms. The summed E-state index contributed by atoms with van der Waals surface area (Å²) in [5.41, 5.74) is 0. The van der Waals surface area contributed by atoms with Gasteiger partial charge in [0.15, 0.2) is 0 Å². The number of methoxy groups -OCH3 is 1. The molecule has 1 amide bonds. The Balaban J connectivity index is 2.18. The van der Waals surface area contributed by atoms with Crippen molar-refractivity contribution in [3.8, 4) is 0 Å². The molecule has 0 radical (unpaired) electrons. The highest BCUT2D eigenvalue weighted by Crippen LogP contribution is 2.11. The second-order valence-corrected chi connectivity index (χ2v) is 4.50. The van der Waals surface area contributed by atoms with E-state index in [-0.39, 0.29) is 5.91 Å². The van der Waals surface area contributed by atoms with Crippen LogP contribution in [0.3, 0.4) is 0 Å². The molecule has 0 bridgehead atoms. The number of hydrogen-bond donors (Lipinski definition) is 2. The molecule has 5 heteroatoms. The van der Waals surface area contributed by atoms with Gasteiger partial charge in [-0.2, -0.15) is 0 Å². The first-order chi connectivity index (χ1) is 8.13. The van der Waals surface area contributed by atoms with Gasteiger partial charge >= 0.3 is 5.97 Å². The molecule has 2 atom stereocenters. The minimum Gasteiger partial charge on any atom is -0.467 e. The van der Waals surface area contributed by atoms with Gasteiger partial charge in [-0.25, -0.2) is 4.79 Å². The molecular weight excluding hydrogens is 220 g/mol. The van der Waals surface area contributed by atoms with Gasteiger partial charge in [0, 0.05) is 12.5 Å². The van der Waals surface area contributed by atoms with Gasteiger partial charge in [0.25, 0.3) is 0 Å². The monoisotopic (exact) mass is 242 g/mol. The molecule has 1 heterocycles. The van der Waals surface area contributed by atoms with E-state index < -0.39 is 12.0 Å². The fourth-order valence-corrected chi connectivity index (χ4v) is 2.03. The maximum atomic E-state index is 11.6.